The van der Waals surface area contributed by atoms with Crippen LogP contribution in [0.1, 0.15) is 0 Å². The molecule has 0 rings (SSSR count). The van der Waals surface area contributed by atoms with Crippen LogP contribution in [0.2, 0.25) is 0 Å². The van der Waals surface area contributed by atoms with E-state index in [0.717, 1.165) is 0 Å². The molecule has 0 saturated heterocycles. The van der Waals surface area contributed by atoms with Gasteiger partial charge >= 0.3 is 10.4 Å². The van der Waals surface area contributed by atoms with Crippen molar-refractivity contribution >= 4 is 10.4 Å². The molecule has 0 bridgehead atoms. The van der Waals surface area contributed by atoms with Crippen molar-refractivity contribution < 1.29 is 17.5 Å². The van der Waals surface area contributed by atoms with Crippen molar-refractivity contribution in [2.45, 2.75) is 0 Å². The standard InChI is InChI=1S/CH3.H2O4S/c;1-5(2,3)4/h1H3;(H2,1,2,3,4)/q-1;. The molecule has 0 aliphatic carbocycles. The first-order valence-corrected chi connectivity index (χ1v) is 2.10. The van der Waals surface area contributed by atoms with Crippen LogP contribution >= 0.6 is 0 Å². The summed E-state index contributed by atoms with van der Waals surface area (Å²) in [6, 6.07) is 0. The van der Waals surface area contributed by atoms with Gasteiger partial charge < -0.3 is 7.43 Å². The van der Waals surface area contributed by atoms with Gasteiger partial charge in [0.05, 0.1) is 0 Å². The highest BCUT2D eigenvalue weighted by molar-refractivity contribution is 7.79. The summed E-state index contributed by atoms with van der Waals surface area (Å²) in [5.74, 6) is 0. The van der Waals surface area contributed by atoms with Gasteiger partial charge in [0, 0.05) is 0 Å². The second kappa shape index (κ2) is 2.12. The molecule has 0 aliphatic rings. The largest absolute Gasteiger partial charge is 0.394 e. The van der Waals surface area contributed by atoms with Crippen LogP contribution in [0.15, 0.2) is 0 Å². The molecule has 2 N–H and O–H groups in total. The van der Waals surface area contributed by atoms with Gasteiger partial charge in [0.2, 0.25) is 0 Å². The Balaban J connectivity index is 0. The number of rotatable bonds is 0. The van der Waals surface area contributed by atoms with Crippen molar-refractivity contribution in [3.05, 3.63) is 7.43 Å². The van der Waals surface area contributed by atoms with Crippen LogP contribution in [0, 0.1) is 7.43 Å². The fraction of sp³-hybridized carbons (Fsp3) is 0. The van der Waals surface area contributed by atoms with Crippen LogP contribution in [0.4, 0.5) is 0 Å². The molecule has 0 aromatic carbocycles. The topological polar surface area (TPSA) is 74.6 Å². The molecule has 0 amide bonds. The second-order valence-corrected chi connectivity index (χ2v) is 1.34. The highest BCUT2D eigenvalue weighted by Gasteiger charge is 1.84. The van der Waals surface area contributed by atoms with Crippen LogP contribution in [0.25, 0.3) is 0 Å². The SMILES string of the molecule is O=S(=O)(O)O.[CH3-]. The first-order valence-electron chi connectivity index (χ1n) is 0.698. The first kappa shape index (κ1) is 9.30. The molecule has 0 aliphatic heterocycles. The third kappa shape index (κ3) is 1890. The monoisotopic (exact) mass is 113 g/mol. The Kier molecular flexibility index (Phi) is 3.28. The maximum atomic E-state index is 8.74. The normalized spacial score (nSPS) is 9.67. The third-order valence-corrected chi connectivity index (χ3v) is 0. The van der Waals surface area contributed by atoms with Gasteiger partial charge in [-0.15, -0.1) is 0 Å². The summed E-state index contributed by atoms with van der Waals surface area (Å²) in [5.41, 5.74) is 0. The lowest BCUT2D eigenvalue weighted by atomic mass is 12.0. The smallest absolute Gasteiger partial charge is 0.358 e. The summed E-state index contributed by atoms with van der Waals surface area (Å²) in [7, 11) is -4.67. The third-order valence-electron chi connectivity index (χ3n) is 0. The van der Waals surface area contributed by atoms with Crippen molar-refractivity contribution in [1.29, 1.82) is 0 Å². The second-order valence-electron chi connectivity index (χ2n) is 0.448. The maximum Gasteiger partial charge on any atom is 0.394 e. The summed E-state index contributed by atoms with van der Waals surface area (Å²) < 4.78 is 31.6. The van der Waals surface area contributed by atoms with E-state index >= 15 is 0 Å². The average molecular weight is 113 g/mol. The minimum Gasteiger partial charge on any atom is -0.358 e. The Labute approximate surface area is 36.4 Å². The average Bonchev–Trinajstić information content (AvgIpc) is 0.722. The summed E-state index contributed by atoms with van der Waals surface area (Å²) in [4.78, 5) is 0. The van der Waals surface area contributed by atoms with Crippen molar-refractivity contribution in [2.24, 2.45) is 0 Å². The predicted octanol–water partition coefficient (Wildman–Crippen LogP) is -0.203. The van der Waals surface area contributed by atoms with E-state index in [-0.39, 0.29) is 7.43 Å². The Bertz CT molecular complexity index is 90.7. The minimum atomic E-state index is -4.67. The Morgan fingerprint density at radius 1 is 1.17 bits per heavy atom. The summed E-state index contributed by atoms with van der Waals surface area (Å²) in [6.07, 6.45) is 0. The summed E-state index contributed by atoms with van der Waals surface area (Å²) >= 11 is 0. The van der Waals surface area contributed by atoms with Gasteiger partial charge in [-0.25, -0.2) is 0 Å². The summed E-state index contributed by atoms with van der Waals surface area (Å²) in [6.45, 7) is 0. The Morgan fingerprint density at radius 2 is 1.17 bits per heavy atom. The zero-order chi connectivity index (χ0) is 4.50. The number of hydrogen-bond acceptors (Lipinski definition) is 2. The maximum absolute atomic E-state index is 8.74. The fourth-order valence-electron chi connectivity index (χ4n) is 0. The van der Waals surface area contributed by atoms with E-state index in [0.29, 0.717) is 0 Å². The first-order chi connectivity index (χ1) is 2.00. The van der Waals surface area contributed by atoms with E-state index in [4.69, 9.17) is 17.5 Å². The Hall–Kier alpha value is -0.130. The number of hydrogen-bond donors (Lipinski definition) is 2. The van der Waals surface area contributed by atoms with E-state index in [2.05, 4.69) is 0 Å². The van der Waals surface area contributed by atoms with Gasteiger partial charge in [-0.05, 0) is 0 Å². The minimum absolute atomic E-state index is 0. The molecule has 4 nitrogen and oxygen atoms in total. The molecule has 0 spiro atoms. The molecule has 0 aromatic heterocycles. The molecule has 0 radical (unpaired) electrons. The quantitative estimate of drug-likeness (QED) is 0.337. The summed E-state index contributed by atoms with van der Waals surface area (Å²) in [5, 5.41) is 0. The van der Waals surface area contributed by atoms with E-state index in [9.17, 15) is 0 Å². The van der Waals surface area contributed by atoms with Crippen LogP contribution in [0.5, 0.6) is 0 Å². The highest BCUT2D eigenvalue weighted by atomic mass is 32.3. The predicted molar refractivity (Wildman–Crippen MR) is 20.6 cm³/mol. The molecular weight excluding hydrogens is 108 g/mol. The van der Waals surface area contributed by atoms with E-state index < -0.39 is 10.4 Å². The highest BCUT2D eigenvalue weighted by Crippen LogP contribution is 1.59. The van der Waals surface area contributed by atoms with Crippen LogP contribution < -0.4 is 0 Å². The Morgan fingerprint density at radius 3 is 1.17 bits per heavy atom. The van der Waals surface area contributed by atoms with Crippen molar-refractivity contribution in [1.82, 2.24) is 0 Å². The molecule has 0 atom stereocenters. The van der Waals surface area contributed by atoms with Crippen molar-refractivity contribution in [2.75, 3.05) is 0 Å². The molecule has 6 heavy (non-hydrogen) atoms. The molecule has 0 aromatic rings. The van der Waals surface area contributed by atoms with Gasteiger partial charge in [0.15, 0.2) is 0 Å². The zero-order valence-corrected chi connectivity index (χ0v) is 3.94. The molecule has 0 heterocycles. The fourth-order valence-corrected chi connectivity index (χ4v) is 0. The van der Waals surface area contributed by atoms with Gasteiger partial charge in [-0.1, -0.05) is 0 Å². The van der Waals surface area contributed by atoms with Crippen molar-refractivity contribution in [3.63, 3.8) is 0 Å². The molecule has 5 heteroatoms. The van der Waals surface area contributed by atoms with Gasteiger partial charge in [-0.3, -0.25) is 9.11 Å². The van der Waals surface area contributed by atoms with Crippen LogP contribution in [-0.2, 0) is 10.4 Å². The van der Waals surface area contributed by atoms with E-state index in [1.54, 1.807) is 0 Å². The molecule has 40 valence electrons. The van der Waals surface area contributed by atoms with Crippen LogP contribution in [-0.4, -0.2) is 17.5 Å². The van der Waals surface area contributed by atoms with E-state index in [1.165, 1.54) is 0 Å². The zero-order valence-electron chi connectivity index (χ0n) is 3.12. The van der Waals surface area contributed by atoms with Gasteiger partial charge in [0.1, 0.15) is 0 Å². The lowest BCUT2D eigenvalue weighted by Gasteiger charge is -1.68. The van der Waals surface area contributed by atoms with Gasteiger partial charge in [-0.2, -0.15) is 8.42 Å². The van der Waals surface area contributed by atoms with Crippen molar-refractivity contribution in [3.8, 4) is 0 Å². The molecule has 0 fully saturated rings. The van der Waals surface area contributed by atoms with Gasteiger partial charge in [0.25, 0.3) is 0 Å². The van der Waals surface area contributed by atoms with Crippen LogP contribution in [0.3, 0.4) is 0 Å². The lowest BCUT2D eigenvalue weighted by molar-refractivity contribution is 0.381. The molecule has 0 unspecified atom stereocenters. The molecule has 0 saturated carbocycles. The molecular formula is CH5O4S-. The van der Waals surface area contributed by atoms with E-state index in [1.807, 2.05) is 0 Å². The lowest BCUT2D eigenvalue weighted by Crippen LogP contribution is -1.89.